The van der Waals surface area contributed by atoms with E-state index in [1.54, 1.807) is 12.1 Å². The molecule has 1 unspecified atom stereocenters. The lowest BCUT2D eigenvalue weighted by Gasteiger charge is -2.07. The molecular formula is C10H13O2S-. The van der Waals surface area contributed by atoms with Gasteiger partial charge in [-0.25, -0.2) is 0 Å². The van der Waals surface area contributed by atoms with Crippen LogP contribution in [-0.4, -0.2) is 8.76 Å². The molecular weight excluding hydrogens is 184 g/mol. The Hall–Kier alpha value is -0.670. The van der Waals surface area contributed by atoms with Crippen LogP contribution in [0.1, 0.15) is 19.4 Å². The first kappa shape index (κ1) is 10.4. The Morgan fingerprint density at radius 3 is 2.23 bits per heavy atom. The SMILES string of the molecule is CC(C)Cc1ccc(S(=O)[O-])cc1. The fourth-order valence-electron chi connectivity index (χ4n) is 1.21. The molecule has 0 saturated carbocycles. The van der Waals surface area contributed by atoms with E-state index < -0.39 is 11.1 Å². The minimum Gasteiger partial charge on any atom is -0.768 e. The van der Waals surface area contributed by atoms with Crippen LogP contribution in [0.25, 0.3) is 0 Å². The summed E-state index contributed by atoms with van der Waals surface area (Å²) in [6.45, 7) is 4.28. The van der Waals surface area contributed by atoms with Crippen LogP contribution >= 0.6 is 0 Å². The first-order chi connectivity index (χ1) is 6.09. The van der Waals surface area contributed by atoms with Crippen LogP contribution in [0.2, 0.25) is 0 Å². The van der Waals surface area contributed by atoms with Crippen molar-refractivity contribution in [1.29, 1.82) is 0 Å². The molecule has 1 rings (SSSR count). The normalized spacial score (nSPS) is 13.2. The summed E-state index contributed by atoms with van der Waals surface area (Å²) >= 11 is -2.10. The van der Waals surface area contributed by atoms with Gasteiger partial charge in [0.15, 0.2) is 0 Å². The molecule has 1 atom stereocenters. The minimum absolute atomic E-state index is 0.354. The molecule has 2 nitrogen and oxygen atoms in total. The van der Waals surface area contributed by atoms with Crippen LogP contribution in [0.3, 0.4) is 0 Å². The van der Waals surface area contributed by atoms with Gasteiger partial charge < -0.3 is 4.55 Å². The molecule has 0 aliphatic heterocycles. The Labute approximate surface area is 81.3 Å². The van der Waals surface area contributed by atoms with Crippen molar-refractivity contribution in [1.82, 2.24) is 0 Å². The van der Waals surface area contributed by atoms with Gasteiger partial charge in [0.25, 0.3) is 0 Å². The fraction of sp³-hybridized carbons (Fsp3) is 0.400. The maximum atomic E-state index is 10.5. The highest BCUT2D eigenvalue weighted by Gasteiger charge is 1.97. The van der Waals surface area contributed by atoms with Crippen molar-refractivity contribution in [3.63, 3.8) is 0 Å². The molecule has 1 aromatic carbocycles. The van der Waals surface area contributed by atoms with Crippen molar-refractivity contribution in [2.24, 2.45) is 5.92 Å². The van der Waals surface area contributed by atoms with E-state index in [9.17, 15) is 8.76 Å². The molecule has 0 aliphatic rings. The van der Waals surface area contributed by atoms with E-state index in [1.807, 2.05) is 12.1 Å². The lowest BCUT2D eigenvalue weighted by molar-refractivity contribution is 0.537. The van der Waals surface area contributed by atoms with Crippen LogP contribution < -0.4 is 0 Å². The summed E-state index contributed by atoms with van der Waals surface area (Å²) in [6, 6.07) is 7.01. The zero-order valence-electron chi connectivity index (χ0n) is 7.82. The molecule has 0 spiro atoms. The molecule has 0 fully saturated rings. The highest BCUT2D eigenvalue weighted by atomic mass is 32.2. The van der Waals surface area contributed by atoms with Crippen molar-refractivity contribution in [2.45, 2.75) is 25.2 Å². The van der Waals surface area contributed by atoms with Crippen LogP contribution in [-0.2, 0) is 17.5 Å². The van der Waals surface area contributed by atoms with Crippen molar-refractivity contribution in [3.05, 3.63) is 29.8 Å². The Bertz CT molecular complexity index is 290. The van der Waals surface area contributed by atoms with Gasteiger partial charge in [0.05, 0.1) is 0 Å². The second kappa shape index (κ2) is 4.53. The van der Waals surface area contributed by atoms with Crippen molar-refractivity contribution in [2.75, 3.05) is 0 Å². The Morgan fingerprint density at radius 2 is 1.85 bits per heavy atom. The maximum absolute atomic E-state index is 10.5. The van der Waals surface area contributed by atoms with E-state index in [-0.39, 0.29) is 0 Å². The number of hydrogen-bond acceptors (Lipinski definition) is 2. The van der Waals surface area contributed by atoms with Gasteiger partial charge in [0.1, 0.15) is 0 Å². The summed E-state index contributed by atoms with van der Waals surface area (Å²) in [5, 5.41) is 0. The van der Waals surface area contributed by atoms with Gasteiger partial charge in [-0.3, -0.25) is 4.21 Å². The number of rotatable bonds is 3. The molecule has 0 aromatic heterocycles. The summed E-state index contributed by atoms with van der Waals surface area (Å²) in [5.41, 5.74) is 1.18. The van der Waals surface area contributed by atoms with Gasteiger partial charge in [-0.15, -0.1) is 0 Å². The van der Waals surface area contributed by atoms with E-state index in [2.05, 4.69) is 13.8 Å². The van der Waals surface area contributed by atoms with Crippen LogP contribution in [0.15, 0.2) is 29.2 Å². The van der Waals surface area contributed by atoms with E-state index >= 15 is 0 Å². The van der Waals surface area contributed by atoms with Gasteiger partial charge in [-0.05, 0) is 41.1 Å². The predicted molar refractivity (Wildman–Crippen MR) is 52.2 cm³/mol. The van der Waals surface area contributed by atoms with E-state index in [0.717, 1.165) is 6.42 Å². The highest BCUT2D eigenvalue weighted by molar-refractivity contribution is 7.79. The van der Waals surface area contributed by atoms with Crippen LogP contribution in [0, 0.1) is 5.92 Å². The molecule has 0 amide bonds. The van der Waals surface area contributed by atoms with Gasteiger partial charge in [0, 0.05) is 4.90 Å². The Morgan fingerprint density at radius 1 is 1.31 bits per heavy atom. The molecule has 13 heavy (non-hydrogen) atoms. The van der Waals surface area contributed by atoms with E-state index in [4.69, 9.17) is 0 Å². The zero-order chi connectivity index (χ0) is 9.84. The number of benzene rings is 1. The smallest absolute Gasteiger partial charge is 0.0248 e. The Balaban J connectivity index is 2.75. The first-order valence-electron chi connectivity index (χ1n) is 4.28. The quantitative estimate of drug-likeness (QED) is 0.696. The van der Waals surface area contributed by atoms with Crippen LogP contribution in [0.5, 0.6) is 0 Å². The van der Waals surface area contributed by atoms with Gasteiger partial charge >= 0.3 is 0 Å². The average molecular weight is 197 g/mol. The summed E-state index contributed by atoms with van der Waals surface area (Å²) in [7, 11) is 0. The van der Waals surface area contributed by atoms with Crippen LogP contribution in [0.4, 0.5) is 0 Å². The third-order valence-electron chi connectivity index (χ3n) is 1.76. The maximum Gasteiger partial charge on any atom is 0.0248 e. The topological polar surface area (TPSA) is 40.1 Å². The van der Waals surface area contributed by atoms with Crippen molar-refractivity contribution >= 4 is 11.1 Å². The molecule has 0 N–H and O–H groups in total. The minimum atomic E-state index is -2.10. The van der Waals surface area contributed by atoms with Gasteiger partial charge in [-0.2, -0.15) is 0 Å². The largest absolute Gasteiger partial charge is 0.768 e. The average Bonchev–Trinajstić information content (AvgIpc) is 2.04. The molecule has 0 saturated heterocycles. The van der Waals surface area contributed by atoms with E-state index in [1.165, 1.54) is 5.56 Å². The van der Waals surface area contributed by atoms with Crippen molar-refractivity contribution in [3.8, 4) is 0 Å². The molecule has 0 radical (unpaired) electrons. The van der Waals surface area contributed by atoms with Gasteiger partial charge in [0.2, 0.25) is 0 Å². The third kappa shape index (κ3) is 3.28. The first-order valence-corrected chi connectivity index (χ1v) is 5.35. The monoisotopic (exact) mass is 197 g/mol. The van der Waals surface area contributed by atoms with Crippen molar-refractivity contribution < 1.29 is 8.76 Å². The summed E-state index contributed by atoms with van der Waals surface area (Å²) in [4.78, 5) is 0.354. The highest BCUT2D eigenvalue weighted by Crippen LogP contribution is 2.11. The summed E-state index contributed by atoms with van der Waals surface area (Å²) in [6.07, 6.45) is 0.992. The predicted octanol–water partition coefficient (Wildman–Crippen LogP) is 2.12. The second-order valence-electron chi connectivity index (χ2n) is 3.48. The zero-order valence-corrected chi connectivity index (χ0v) is 8.64. The second-order valence-corrected chi connectivity index (χ2v) is 4.42. The molecule has 0 heterocycles. The standard InChI is InChI=1S/C10H14O2S/c1-8(2)7-9-3-5-10(6-4-9)13(11)12/h3-6,8H,7H2,1-2H3,(H,11,12)/p-1. The van der Waals surface area contributed by atoms with E-state index in [0.29, 0.717) is 10.8 Å². The lowest BCUT2D eigenvalue weighted by atomic mass is 10.0. The lowest BCUT2D eigenvalue weighted by Crippen LogP contribution is -1.95. The summed E-state index contributed by atoms with van der Waals surface area (Å²) in [5.74, 6) is 0.601. The molecule has 3 heteroatoms. The third-order valence-corrected chi connectivity index (χ3v) is 2.42. The molecule has 0 bridgehead atoms. The fourth-order valence-corrected chi connectivity index (χ4v) is 1.57. The molecule has 72 valence electrons. The molecule has 1 aromatic rings. The van der Waals surface area contributed by atoms with Gasteiger partial charge in [-0.1, -0.05) is 26.0 Å². The Kier molecular flexibility index (Phi) is 3.63. The summed E-state index contributed by atoms with van der Waals surface area (Å²) < 4.78 is 21.1. The number of hydrogen-bond donors (Lipinski definition) is 0. The molecule has 0 aliphatic carbocycles.